The minimum absolute atomic E-state index is 0.304. The van der Waals surface area contributed by atoms with E-state index in [1.165, 1.54) is 141 Å². The number of allylic oxidation sites excluding steroid dienone is 3. The van der Waals surface area contributed by atoms with E-state index >= 15 is 0 Å². The van der Waals surface area contributed by atoms with E-state index in [1.54, 1.807) is 6.08 Å². The number of amides is 1. The summed E-state index contributed by atoms with van der Waals surface area (Å²) < 4.78 is 11.1. The Balaban J connectivity index is 2.36. The second-order valence-electron chi connectivity index (χ2n) is 16.7. The van der Waals surface area contributed by atoms with E-state index in [9.17, 15) is 35.4 Å². The van der Waals surface area contributed by atoms with Crippen LogP contribution in [0.25, 0.3) is 0 Å². The monoisotopic (exact) mass is 812 g/mol. The molecule has 0 bridgehead atoms. The molecule has 10 heteroatoms. The molecule has 0 aromatic heterocycles. The predicted octanol–water partition coefficient (Wildman–Crippen LogP) is 8.86. The van der Waals surface area contributed by atoms with Crippen LogP contribution in [0, 0.1) is 0 Å². The molecule has 1 aliphatic heterocycles. The minimum atomic E-state index is -1.61. The van der Waals surface area contributed by atoms with E-state index in [0.717, 1.165) is 38.5 Å². The first kappa shape index (κ1) is 53.6. The Hall–Kier alpha value is -1.37. The number of aliphatic hydroxyl groups excluding tert-OH is 6. The molecule has 7 N–H and O–H groups in total. The lowest BCUT2D eigenvalue weighted by molar-refractivity contribution is -0.302. The molecule has 0 spiro atoms. The van der Waals surface area contributed by atoms with Crippen molar-refractivity contribution in [2.45, 2.75) is 255 Å². The Labute approximate surface area is 348 Å². The topological polar surface area (TPSA) is 169 Å². The van der Waals surface area contributed by atoms with Gasteiger partial charge in [0.1, 0.15) is 30.5 Å². The Morgan fingerprint density at radius 1 is 0.596 bits per heavy atom. The molecule has 0 saturated carbocycles. The van der Waals surface area contributed by atoms with Crippen LogP contribution in [0.15, 0.2) is 24.3 Å². The average molecular weight is 812 g/mol. The molecule has 1 heterocycles. The van der Waals surface area contributed by atoms with Crippen LogP contribution < -0.4 is 5.32 Å². The van der Waals surface area contributed by atoms with Gasteiger partial charge in [-0.05, 0) is 44.9 Å². The minimum Gasteiger partial charge on any atom is -0.394 e. The van der Waals surface area contributed by atoms with Gasteiger partial charge < -0.3 is 45.4 Å². The Kier molecular flexibility index (Phi) is 35.4. The SMILES string of the molecule is CCCCCCCCC=CCCCCCCCCCCCCC(O)C(=O)NC(COC1OC(CO)C(O)C(O)C1O)C(O)C=CCCCCCCCCCCCC. The molecule has 336 valence electrons. The number of carbonyl (C=O) groups is 1. The third-order valence-corrected chi connectivity index (χ3v) is 11.4. The number of unbranched alkanes of at least 4 members (excludes halogenated alkanes) is 26. The first-order valence-electron chi connectivity index (χ1n) is 23.7. The second kappa shape index (κ2) is 37.6. The van der Waals surface area contributed by atoms with Gasteiger partial charge in [-0.1, -0.05) is 186 Å². The van der Waals surface area contributed by atoms with Gasteiger partial charge in [0.05, 0.1) is 25.4 Å². The fourth-order valence-corrected chi connectivity index (χ4v) is 7.45. The van der Waals surface area contributed by atoms with Crippen molar-refractivity contribution in [3.63, 3.8) is 0 Å². The summed E-state index contributed by atoms with van der Waals surface area (Å²) in [4.78, 5) is 13.0. The maximum atomic E-state index is 13.0. The molecule has 0 aromatic carbocycles. The molecule has 0 aliphatic carbocycles. The van der Waals surface area contributed by atoms with Gasteiger partial charge in [0.25, 0.3) is 0 Å². The summed E-state index contributed by atoms with van der Waals surface area (Å²) in [6, 6.07) is -0.977. The summed E-state index contributed by atoms with van der Waals surface area (Å²) >= 11 is 0. The summed E-state index contributed by atoms with van der Waals surface area (Å²) in [7, 11) is 0. The Morgan fingerprint density at radius 2 is 1.02 bits per heavy atom. The first-order valence-corrected chi connectivity index (χ1v) is 23.7. The number of hydrogen-bond donors (Lipinski definition) is 7. The van der Waals surface area contributed by atoms with Gasteiger partial charge in [-0.15, -0.1) is 0 Å². The molecule has 0 aromatic rings. The second-order valence-corrected chi connectivity index (χ2v) is 16.7. The molecule has 1 saturated heterocycles. The summed E-state index contributed by atoms with van der Waals surface area (Å²) in [6.45, 7) is 3.59. The van der Waals surface area contributed by atoms with Crippen molar-refractivity contribution >= 4 is 5.91 Å². The van der Waals surface area contributed by atoms with Gasteiger partial charge in [0.15, 0.2) is 6.29 Å². The first-order chi connectivity index (χ1) is 27.8. The van der Waals surface area contributed by atoms with Crippen LogP contribution in [-0.2, 0) is 14.3 Å². The Morgan fingerprint density at radius 3 is 1.47 bits per heavy atom. The lowest BCUT2D eigenvalue weighted by Crippen LogP contribution is -2.60. The standard InChI is InChI=1S/C47H89NO9/c1-3-5-7-9-11-13-15-17-18-19-20-21-22-23-24-26-28-30-32-34-36-41(51)46(55)48-39(38-56-47-45(54)44(53)43(52)42(37-49)57-47)40(50)35-33-31-29-27-25-16-14-12-10-8-6-4-2/h17-18,33,35,39-45,47,49-54H,3-16,19-32,34,36-38H2,1-2H3,(H,48,55). The van der Waals surface area contributed by atoms with Crippen LogP contribution in [-0.4, -0.2) is 98.7 Å². The van der Waals surface area contributed by atoms with Crippen molar-refractivity contribution in [2.24, 2.45) is 0 Å². The van der Waals surface area contributed by atoms with Crippen molar-refractivity contribution in [3.8, 4) is 0 Å². The highest BCUT2D eigenvalue weighted by atomic mass is 16.7. The van der Waals surface area contributed by atoms with Gasteiger partial charge in [0, 0.05) is 0 Å². The number of aliphatic hydroxyl groups is 6. The highest BCUT2D eigenvalue weighted by molar-refractivity contribution is 5.80. The fourth-order valence-electron chi connectivity index (χ4n) is 7.45. The van der Waals surface area contributed by atoms with Crippen molar-refractivity contribution < 1.29 is 44.9 Å². The Bertz CT molecular complexity index is 963. The highest BCUT2D eigenvalue weighted by Crippen LogP contribution is 2.23. The molecule has 1 fully saturated rings. The third kappa shape index (κ3) is 27.9. The van der Waals surface area contributed by atoms with E-state index < -0.39 is 61.5 Å². The van der Waals surface area contributed by atoms with Crippen LogP contribution in [0.5, 0.6) is 0 Å². The van der Waals surface area contributed by atoms with Crippen molar-refractivity contribution in [1.29, 1.82) is 0 Å². The maximum absolute atomic E-state index is 13.0. The van der Waals surface area contributed by atoms with Gasteiger partial charge in [0.2, 0.25) is 5.91 Å². The molecular formula is C47H89NO9. The van der Waals surface area contributed by atoms with Crippen LogP contribution in [0.2, 0.25) is 0 Å². The molecule has 1 amide bonds. The quantitative estimate of drug-likeness (QED) is 0.0237. The number of ether oxygens (including phenoxy) is 2. The summed E-state index contributed by atoms with van der Waals surface area (Å²) in [6.07, 6.45) is 34.1. The summed E-state index contributed by atoms with van der Waals surface area (Å²) in [5.41, 5.74) is 0. The van der Waals surface area contributed by atoms with Crippen LogP contribution in [0.4, 0.5) is 0 Å². The smallest absolute Gasteiger partial charge is 0.249 e. The fraction of sp³-hybridized carbons (Fsp3) is 0.894. The highest BCUT2D eigenvalue weighted by Gasteiger charge is 2.44. The van der Waals surface area contributed by atoms with E-state index in [4.69, 9.17) is 9.47 Å². The molecule has 8 atom stereocenters. The number of rotatable bonds is 39. The van der Waals surface area contributed by atoms with Gasteiger partial charge in [-0.3, -0.25) is 4.79 Å². The van der Waals surface area contributed by atoms with E-state index in [0.29, 0.717) is 12.8 Å². The molecular weight excluding hydrogens is 723 g/mol. The summed E-state index contributed by atoms with van der Waals surface area (Å²) in [5, 5.41) is 64.6. The lowest BCUT2D eigenvalue weighted by atomic mass is 9.99. The lowest BCUT2D eigenvalue weighted by Gasteiger charge is -2.40. The number of carbonyl (C=O) groups excluding carboxylic acids is 1. The van der Waals surface area contributed by atoms with Crippen LogP contribution in [0.1, 0.15) is 206 Å². The maximum Gasteiger partial charge on any atom is 0.249 e. The normalized spacial score (nSPS) is 21.7. The summed E-state index contributed by atoms with van der Waals surface area (Å²) in [5.74, 6) is -0.618. The van der Waals surface area contributed by atoms with Crippen molar-refractivity contribution in [2.75, 3.05) is 13.2 Å². The molecule has 57 heavy (non-hydrogen) atoms. The molecule has 0 radical (unpaired) electrons. The number of nitrogens with one attached hydrogen (secondary N) is 1. The number of hydrogen-bond acceptors (Lipinski definition) is 9. The van der Waals surface area contributed by atoms with Crippen LogP contribution in [0.3, 0.4) is 0 Å². The molecule has 10 nitrogen and oxygen atoms in total. The third-order valence-electron chi connectivity index (χ3n) is 11.4. The predicted molar refractivity (Wildman–Crippen MR) is 232 cm³/mol. The molecule has 1 aliphatic rings. The zero-order chi connectivity index (χ0) is 41.8. The van der Waals surface area contributed by atoms with E-state index in [-0.39, 0.29) is 6.61 Å². The average Bonchev–Trinajstić information content (AvgIpc) is 3.21. The van der Waals surface area contributed by atoms with Crippen molar-refractivity contribution in [3.05, 3.63) is 24.3 Å². The molecule has 1 rings (SSSR count). The van der Waals surface area contributed by atoms with Gasteiger partial charge in [-0.2, -0.15) is 0 Å². The molecule has 8 unspecified atom stereocenters. The van der Waals surface area contributed by atoms with Crippen LogP contribution >= 0.6 is 0 Å². The van der Waals surface area contributed by atoms with Gasteiger partial charge >= 0.3 is 0 Å². The van der Waals surface area contributed by atoms with E-state index in [2.05, 4.69) is 31.3 Å². The van der Waals surface area contributed by atoms with Gasteiger partial charge in [-0.25, -0.2) is 0 Å². The largest absolute Gasteiger partial charge is 0.394 e. The zero-order valence-electron chi connectivity index (χ0n) is 36.5. The van der Waals surface area contributed by atoms with E-state index in [1.807, 2.05) is 6.08 Å². The van der Waals surface area contributed by atoms with Crippen molar-refractivity contribution in [1.82, 2.24) is 5.32 Å². The zero-order valence-corrected chi connectivity index (χ0v) is 36.5.